The van der Waals surface area contributed by atoms with Crippen LogP contribution in [0.3, 0.4) is 0 Å². The highest BCUT2D eigenvalue weighted by Gasteiger charge is 1.79. The van der Waals surface area contributed by atoms with Crippen molar-refractivity contribution in [2.75, 3.05) is 0 Å². The van der Waals surface area contributed by atoms with Gasteiger partial charge in [0, 0.05) is 6.42 Å². The molecule has 0 aliphatic heterocycles. The number of ketones is 1. The lowest BCUT2D eigenvalue weighted by atomic mass is 10.4. The fourth-order valence-electron chi connectivity index (χ4n) is 0. The zero-order valence-electron chi connectivity index (χ0n) is 6.89. The Hall–Kier alpha value is 0.01000. The summed E-state index contributed by atoms with van der Waals surface area (Å²) >= 11 is 14.4. The molecule has 0 aromatic rings. The number of nitrogens with two attached hydrogens (primary N) is 1. The van der Waals surface area contributed by atoms with E-state index in [0.29, 0.717) is 6.42 Å². The zero-order chi connectivity index (χ0) is 10.6. The number of hydrogen-bond acceptors (Lipinski definition) is 2. The highest BCUT2D eigenvalue weighted by atomic mass is 35.6. The Morgan fingerprint density at radius 1 is 1.50 bits per heavy atom. The maximum absolute atomic E-state index is 9.81. The Labute approximate surface area is 87.1 Å². The highest BCUT2D eigenvalue weighted by Crippen LogP contribution is 2.03. The molecule has 1 amide bonds. The van der Waals surface area contributed by atoms with E-state index in [4.69, 9.17) is 39.6 Å². The second kappa shape index (κ2) is 17.2. The van der Waals surface area contributed by atoms with Crippen LogP contribution >= 0.6 is 34.8 Å². The molecule has 0 saturated heterocycles. The van der Waals surface area contributed by atoms with Gasteiger partial charge in [-0.1, -0.05) is 41.7 Å². The number of carbonyl (C=O) groups is 2. The summed E-state index contributed by atoms with van der Waals surface area (Å²) in [6.45, 7) is 3.43. The second-order valence-electron chi connectivity index (χ2n) is 1.44. The van der Waals surface area contributed by atoms with Crippen molar-refractivity contribution in [2.24, 2.45) is 5.73 Å². The quantitative estimate of drug-likeness (QED) is 0.560. The fourth-order valence-corrected chi connectivity index (χ4v) is 0. The molecule has 0 heterocycles. The minimum Gasteiger partial charge on any atom is -0.372 e. The molecule has 12 heavy (non-hydrogen) atoms. The van der Waals surface area contributed by atoms with Crippen LogP contribution in [0.1, 0.15) is 20.3 Å². The molecule has 2 N–H and O–H groups in total. The molecule has 0 rings (SSSR count). The van der Waals surface area contributed by atoms with Gasteiger partial charge in [-0.3, -0.25) is 4.79 Å². The molecule has 6 heteroatoms. The number of carbonyl (C=O) groups excluding carboxylic acids is 2. The summed E-state index contributed by atoms with van der Waals surface area (Å²) in [5, 5.41) is 0. The summed E-state index contributed by atoms with van der Waals surface area (Å²) in [5.74, 6) is 0.255. The van der Waals surface area contributed by atoms with Crippen LogP contribution < -0.4 is 5.73 Å². The normalized spacial score (nSPS) is 7.17. The molecule has 0 bridgehead atoms. The standard InChI is InChI=1S/C4H8O.CHCl3.CH3NO/c1-3-4(2)5;2-1(3)4;2-1-3/h3H2,1-2H3;1H;1H,(H2,2,3). The summed E-state index contributed by atoms with van der Waals surface area (Å²) < 4.78 is -0.750. The average molecular weight is 237 g/mol. The van der Waals surface area contributed by atoms with Gasteiger partial charge in [-0.15, -0.1) is 0 Å². The molecule has 0 radical (unpaired) electrons. The topological polar surface area (TPSA) is 60.2 Å². The van der Waals surface area contributed by atoms with E-state index in [1.807, 2.05) is 6.92 Å². The van der Waals surface area contributed by atoms with E-state index < -0.39 is 4.30 Å². The van der Waals surface area contributed by atoms with Crippen molar-refractivity contribution in [1.82, 2.24) is 0 Å². The minimum absolute atomic E-state index is 0.250. The van der Waals surface area contributed by atoms with Crippen LogP contribution in [0.2, 0.25) is 0 Å². The molecule has 0 atom stereocenters. The Morgan fingerprint density at radius 3 is 1.58 bits per heavy atom. The van der Waals surface area contributed by atoms with E-state index in [-0.39, 0.29) is 12.2 Å². The predicted molar refractivity (Wildman–Crippen MR) is 52.6 cm³/mol. The molecule has 0 aromatic carbocycles. The maximum Gasteiger partial charge on any atom is 0.204 e. The van der Waals surface area contributed by atoms with Crippen molar-refractivity contribution in [3.05, 3.63) is 0 Å². The molecule has 0 aliphatic rings. The molecular weight excluding hydrogens is 224 g/mol. The third-order valence-electron chi connectivity index (χ3n) is 0.498. The van der Waals surface area contributed by atoms with Crippen LogP contribution in [-0.2, 0) is 9.59 Å². The molecule has 3 nitrogen and oxygen atoms in total. The van der Waals surface area contributed by atoms with Crippen LogP contribution in [-0.4, -0.2) is 16.5 Å². The Morgan fingerprint density at radius 2 is 1.58 bits per heavy atom. The van der Waals surface area contributed by atoms with Crippen LogP contribution in [0.4, 0.5) is 0 Å². The second-order valence-corrected chi connectivity index (χ2v) is 3.42. The van der Waals surface area contributed by atoms with Gasteiger partial charge in [0.15, 0.2) is 4.30 Å². The van der Waals surface area contributed by atoms with Gasteiger partial charge in [0.25, 0.3) is 0 Å². The smallest absolute Gasteiger partial charge is 0.204 e. The number of alkyl halides is 3. The monoisotopic (exact) mass is 235 g/mol. The van der Waals surface area contributed by atoms with Gasteiger partial charge >= 0.3 is 0 Å². The Kier molecular flexibility index (Phi) is 25.7. The summed E-state index contributed by atoms with van der Waals surface area (Å²) in [6, 6.07) is 0. The van der Waals surface area contributed by atoms with Crippen molar-refractivity contribution < 1.29 is 9.59 Å². The van der Waals surface area contributed by atoms with Gasteiger partial charge < -0.3 is 10.5 Å². The first-order chi connectivity index (χ1) is 5.42. The van der Waals surface area contributed by atoms with Crippen molar-refractivity contribution in [3.8, 4) is 0 Å². The number of halogens is 3. The van der Waals surface area contributed by atoms with Gasteiger partial charge in [0.05, 0.1) is 0 Å². The molecule has 0 fully saturated rings. The van der Waals surface area contributed by atoms with Crippen LogP contribution in [0, 0.1) is 0 Å². The summed E-state index contributed by atoms with van der Waals surface area (Å²) in [4.78, 5) is 18.4. The molecule has 0 aromatic heterocycles. The third-order valence-corrected chi connectivity index (χ3v) is 0.498. The number of hydrogen-bond donors (Lipinski definition) is 1. The third kappa shape index (κ3) is 201. The van der Waals surface area contributed by atoms with E-state index in [1.54, 1.807) is 6.92 Å². The maximum atomic E-state index is 9.81. The Bertz CT molecular complexity index is 106. The van der Waals surface area contributed by atoms with Gasteiger partial charge in [-0.05, 0) is 6.92 Å². The van der Waals surface area contributed by atoms with E-state index >= 15 is 0 Å². The summed E-state index contributed by atoms with van der Waals surface area (Å²) in [6.07, 6.45) is 0.917. The van der Waals surface area contributed by atoms with Gasteiger partial charge in [-0.25, -0.2) is 0 Å². The van der Waals surface area contributed by atoms with Gasteiger partial charge in [0.1, 0.15) is 5.78 Å². The number of amides is 1. The minimum atomic E-state index is -0.750. The van der Waals surface area contributed by atoms with Crippen molar-refractivity contribution in [3.63, 3.8) is 0 Å². The van der Waals surface area contributed by atoms with Gasteiger partial charge in [0.2, 0.25) is 6.41 Å². The highest BCUT2D eigenvalue weighted by molar-refractivity contribution is 6.63. The van der Waals surface area contributed by atoms with Crippen LogP contribution in [0.5, 0.6) is 0 Å². The lowest BCUT2D eigenvalue weighted by Gasteiger charge is -1.71. The van der Waals surface area contributed by atoms with Gasteiger partial charge in [-0.2, -0.15) is 0 Å². The molecule has 0 saturated carbocycles. The zero-order valence-corrected chi connectivity index (χ0v) is 9.16. The van der Waals surface area contributed by atoms with Crippen molar-refractivity contribution >= 4 is 47.0 Å². The SMILES string of the molecule is CCC(C)=O.ClC(Cl)Cl.NC=O. The number of Topliss-reactive ketones (excluding diaryl/α,β-unsaturated/α-hetero) is 1. The molecule has 0 unspecified atom stereocenters. The van der Waals surface area contributed by atoms with Crippen molar-refractivity contribution in [1.29, 1.82) is 0 Å². The average Bonchev–Trinajstić information content (AvgIpc) is 1.88. The first kappa shape index (κ1) is 17.9. The number of rotatable bonds is 1. The van der Waals surface area contributed by atoms with Crippen molar-refractivity contribution in [2.45, 2.75) is 24.6 Å². The summed E-state index contributed by atoms with van der Waals surface area (Å²) in [7, 11) is 0. The lowest BCUT2D eigenvalue weighted by molar-refractivity contribution is -0.116. The first-order valence-electron chi connectivity index (χ1n) is 2.99. The number of primary amides is 1. The van der Waals surface area contributed by atoms with E-state index in [0.717, 1.165) is 0 Å². The molecule has 0 spiro atoms. The molecule has 74 valence electrons. The van der Waals surface area contributed by atoms with E-state index in [1.165, 1.54) is 0 Å². The lowest BCUT2D eigenvalue weighted by Crippen LogP contribution is -1.82. The fraction of sp³-hybridized carbons (Fsp3) is 0.667. The van der Waals surface area contributed by atoms with Crippen LogP contribution in [0.15, 0.2) is 0 Å². The predicted octanol–water partition coefficient (Wildman–Crippen LogP) is 2.07. The summed E-state index contributed by atoms with van der Waals surface area (Å²) in [5.41, 5.74) is 4.17. The van der Waals surface area contributed by atoms with E-state index in [2.05, 4.69) is 5.73 Å². The largest absolute Gasteiger partial charge is 0.372 e. The van der Waals surface area contributed by atoms with Crippen LogP contribution in [0.25, 0.3) is 0 Å². The van der Waals surface area contributed by atoms with E-state index in [9.17, 15) is 4.79 Å². The molecule has 0 aliphatic carbocycles. The Balaban J connectivity index is -0.000000105. The molecular formula is C6H12Cl3NO2. The first-order valence-corrected chi connectivity index (χ1v) is 4.30.